The number of benzene rings is 6. The predicted octanol–water partition coefficient (Wildman–Crippen LogP) is 12.4. The van der Waals surface area contributed by atoms with Crippen LogP contribution in [0.3, 0.4) is 0 Å². The number of ether oxygens (including phenoxy) is 1. The van der Waals surface area contributed by atoms with E-state index < -0.39 is 0 Å². The van der Waals surface area contributed by atoms with Crippen LogP contribution in [0, 0.1) is 5.82 Å². The summed E-state index contributed by atoms with van der Waals surface area (Å²) in [6.07, 6.45) is 0.939. The van der Waals surface area contributed by atoms with E-state index in [0.717, 1.165) is 97.5 Å². The second-order valence-corrected chi connectivity index (χ2v) is 15.3. The van der Waals surface area contributed by atoms with Gasteiger partial charge < -0.3 is 10.1 Å². The van der Waals surface area contributed by atoms with Crippen molar-refractivity contribution in [3.05, 3.63) is 155 Å². The topological polar surface area (TPSA) is 33.6 Å². The molecule has 0 spiro atoms. The molecule has 0 radical (unpaired) electrons. The highest BCUT2D eigenvalue weighted by Crippen LogP contribution is 2.54. The summed E-state index contributed by atoms with van der Waals surface area (Å²) in [5.74, 6) is 1.76. The van der Waals surface area contributed by atoms with Crippen LogP contribution in [0.5, 0.6) is 5.75 Å². The quantitative estimate of drug-likeness (QED) is 0.187. The lowest BCUT2D eigenvalue weighted by Crippen LogP contribution is -2.31. The van der Waals surface area contributed by atoms with Gasteiger partial charge in [0.15, 0.2) is 0 Å². The first-order valence-corrected chi connectivity index (χ1v) is 18.6. The second-order valence-electron chi connectivity index (χ2n) is 11.7. The lowest BCUT2D eigenvalue weighted by atomic mass is 9.80. The maximum Gasteiger partial charge on any atom is 0.147 e. The van der Waals surface area contributed by atoms with Crippen LogP contribution in [0.4, 0.5) is 4.39 Å². The van der Waals surface area contributed by atoms with Crippen LogP contribution in [-0.4, -0.2) is 18.9 Å². The minimum absolute atomic E-state index is 0.323. The van der Waals surface area contributed by atoms with E-state index >= 15 is 4.39 Å². The molecule has 2 aliphatic heterocycles. The molecule has 1 N–H and O–H groups in total. The smallest absolute Gasteiger partial charge is 0.147 e. The number of aliphatic imine (C=N–C) groups is 1. The first-order chi connectivity index (χ1) is 23.4. The highest BCUT2D eigenvalue weighted by atomic mass is 79.9. The fraction of sp³-hybridized carbons (Fsp3) is 0.0750. The summed E-state index contributed by atoms with van der Waals surface area (Å²) in [7, 11) is 0. The standard InChI is InChI=1S/C40H25Br4FN2O/c41-26-10-2-22(3-11-26)33-31-20-30(45)21-32-34(23-4-12-27(42)13-5-23)38(25-8-16-29(44)17-9-25)48-39(36(31)32)37(40-46-18-1-19-47-40)35(33)24-6-14-28(43)15-7-24/h2-17,20-21H,1,18-19H2,(H,46,47). The largest absolute Gasteiger partial charge is 0.455 e. The summed E-state index contributed by atoms with van der Waals surface area (Å²) in [6, 6.07) is 35.9. The normalized spacial score (nSPS) is 14.1. The van der Waals surface area contributed by atoms with Crippen molar-refractivity contribution in [2.75, 3.05) is 13.1 Å². The van der Waals surface area contributed by atoms with Crippen LogP contribution in [0.15, 0.2) is 132 Å². The molecule has 8 heteroatoms. The number of halogens is 5. The Bertz CT molecular complexity index is 2280. The summed E-state index contributed by atoms with van der Waals surface area (Å²) in [5.41, 5.74) is 8.04. The minimum Gasteiger partial charge on any atom is -0.455 e. The van der Waals surface area contributed by atoms with Crippen molar-refractivity contribution in [2.45, 2.75) is 6.42 Å². The van der Waals surface area contributed by atoms with Crippen molar-refractivity contribution in [3.8, 4) is 28.0 Å². The second kappa shape index (κ2) is 13.0. The Labute approximate surface area is 311 Å². The first kappa shape index (κ1) is 31.7. The fourth-order valence-electron chi connectivity index (χ4n) is 6.58. The predicted molar refractivity (Wildman–Crippen MR) is 209 cm³/mol. The van der Waals surface area contributed by atoms with Gasteiger partial charge in [0.1, 0.15) is 23.2 Å². The number of rotatable bonds is 5. The average Bonchev–Trinajstić information content (AvgIpc) is 3.10. The molecule has 2 heterocycles. The molecule has 2 aliphatic rings. The van der Waals surface area contributed by atoms with Gasteiger partial charge in [0.25, 0.3) is 0 Å². The van der Waals surface area contributed by atoms with Crippen molar-refractivity contribution in [1.29, 1.82) is 0 Å². The Kier molecular flexibility index (Phi) is 8.61. The Balaban J connectivity index is 1.58. The zero-order valence-corrected chi connectivity index (χ0v) is 31.6. The monoisotopic (exact) mass is 884 g/mol. The van der Waals surface area contributed by atoms with Gasteiger partial charge in [-0.05, 0) is 94.7 Å². The molecule has 0 unspecified atom stereocenters. The van der Waals surface area contributed by atoms with Crippen LogP contribution >= 0.6 is 63.7 Å². The minimum atomic E-state index is -0.323. The molecular weight excluding hydrogens is 863 g/mol. The summed E-state index contributed by atoms with van der Waals surface area (Å²) in [4.78, 5) is 5.04. The molecular formula is C40H25Br4FN2O. The molecule has 48 heavy (non-hydrogen) atoms. The summed E-state index contributed by atoms with van der Waals surface area (Å²) < 4.78 is 27.3. The number of nitrogens with one attached hydrogen (secondary N) is 1. The third-order valence-corrected chi connectivity index (χ3v) is 10.8. The van der Waals surface area contributed by atoms with E-state index in [9.17, 15) is 0 Å². The van der Waals surface area contributed by atoms with Gasteiger partial charge in [0, 0.05) is 58.6 Å². The summed E-state index contributed by atoms with van der Waals surface area (Å²) in [5, 5.41) is 5.22. The van der Waals surface area contributed by atoms with Crippen LogP contribution in [0.2, 0.25) is 0 Å². The SMILES string of the molecule is Fc1cc2c3c(c(C4=NCCCN4)c(-c4ccc(Br)cc4)c(-c4ccc(Br)cc4)c3c1)OC(c1ccc(Br)cc1)=C2c1ccc(Br)cc1. The third-order valence-electron chi connectivity index (χ3n) is 8.67. The molecule has 6 aromatic carbocycles. The van der Waals surface area contributed by atoms with E-state index in [4.69, 9.17) is 9.73 Å². The van der Waals surface area contributed by atoms with Crippen molar-refractivity contribution in [3.63, 3.8) is 0 Å². The van der Waals surface area contributed by atoms with Crippen LogP contribution < -0.4 is 10.1 Å². The van der Waals surface area contributed by atoms with Crippen LogP contribution in [0.25, 0.3) is 44.4 Å². The average molecular weight is 888 g/mol. The van der Waals surface area contributed by atoms with Crippen molar-refractivity contribution < 1.29 is 9.13 Å². The van der Waals surface area contributed by atoms with E-state index in [0.29, 0.717) is 18.1 Å². The Hall–Kier alpha value is -3.56. The highest BCUT2D eigenvalue weighted by molar-refractivity contribution is 9.11. The molecule has 8 rings (SSSR count). The number of nitrogens with zero attached hydrogens (tertiary/aromatic N) is 1. The molecule has 0 amide bonds. The van der Waals surface area contributed by atoms with Gasteiger partial charge in [0.05, 0.1) is 5.56 Å². The Morgan fingerprint density at radius 1 is 0.604 bits per heavy atom. The maximum absolute atomic E-state index is 16.3. The van der Waals surface area contributed by atoms with E-state index in [1.165, 1.54) is 0 Å². The van der Waals surface area contributed by atoms with E-state index in [1.807, 2.05) is 72.8 Å². The van der Waals surface area contributed by atoms with Crippen molar-refractivity contribution in [1.82, 2.24) is 5.32 Å². The molecule has 0 bridgehead atoms. The van der Waals surface area contributed by atoms with Crippen LogP contribution in [0.1, 0.15) is 28.7 Å². The molecule has 236 valence electrons. The number of hydrogen-bond acceptors (Lipinski definition) is 3. The van der Waals surface area contributed by atoms with Crippen molar-refractivity contribution >= 4 is 91.7 Å². The molecule has 6 aromatic rings. The molecule has 0 saturated heterocycles. The maximum atomic E-state index is 16.3. The third kappa shape index (κ3) is 5.76. The molecule has 0 aromatic heterocycles. The number of hydrogen-bond donors (Lipinski definition) is 1. The summed E-state index contributed by atoms with van der Waals surface area (Å²) in [6.45, 7) is 1.49. The molecule has 0 aliphatic carbocycles. The van der Waals surface area contributed by atoms with E-state index in [-0.39, 0.29) is 5.82 Å². The molecule has 0 saturated carbocycles. The Morgan fingerprint density at radius 2 is 1.12 bits per heavy atom. The number of amidine groups is 1. The lowest BCUT2D eigenvalue weighted by Gasteiger charge is -2.31. The molecule has 0 fully saturated rings. The Morgan fingerprint density at radius 3 is 1.67 bits per heavy atom. The van der Waals surface area contributed by atoms with Gasteiger partial charge >= 0.3 is 0 Å². The lowest BCUT2D eigenvalue weighted by molar-refractivity contribution is 0.517. The van der Waals surface area contributed by atoms with Gasteiger partial charge in [-0.3, -0.25) is 4.99 Å². The van der Waals surface area contributed by atoms with Crippen LogP contribution in [-0.2, 0) is 0 Å². The zero-order valence-electron chi connectivity index (χ0n) is 25.3. The van der Waals surface area contributed by atoms with E-state index in [1.54, 1.807) is 12.1 Å². The van der Waals surface area contributed by atoms with Gasteiger partial charge in [-0.1, -0.05) is 112 Å². The molecule has 0 atom stereocenters. The van der Waals surface area contributed by atoms with Gasteiger partial charge in [-0.2, -0.15) is 0 Å². The van der Waals surface area contributed by atoms with Crippen molar-refractivity contribution in [2.24, 2.45) is 4.99 Å². The summed E-state index contributed by atoms with van der Waals surface area (Å²) >= 11 is 14.4. The molecule has 3 nitrogen and oxygen atoms in total. The zero-order chi connectivity index (χ0) is 32.9. The van der Waals surface area contributed by atoms with Gasteiger partial charge in [-0.25, -0.2) is 4.39 Å². The fourth-order valence-corrected chi connectivity index (χ4v) is 7.63. The first-order valence-electron chi connectivity index (χ1n) is 15.4. The highest BCUT2D eigenvalue weighted by Gasteiger charge is 2.34. The van der Waals surface area contributed by atoms with Gasteiger partial charge in [-0.15, -0.1) is 0 Å². The van der Waals surface area contributed by atoms with E-state index in [2.05, 4.69) is 93.3 Å². The van der Waals surface area contributed by atoms with Gasteiger partial charge in [0.2, 0.25) is 0 Å².